The second-order valence-corrected chi connectivity index (χ2v) is 12.0. The largest absolute Gasteiger partial charge is 0.494 e. The zero-order valence-electron chi connectivity index (χ0n) is 22.5. The lowest BCUT2D eigenvalue weighted by Gasteiger charge is -2.42. The first-order valence-electron chi connectivity index (χ1n) is 13.3. The molecule has 1 N–H and O–H groups in total. The van der Waals surface area contributed by atoms with Crippen molar-refractivity contribution in [1.82, 2.24) is 19.7 Å². The van der Waals surface area contributed by atoms with E-state index in [2.05, 4.69) is 9.88 Å². The summed E-state index contributed by atoms with van der Waals surface area (Å²) in [5.74, 6) is 1.07. The Morgan fingerprint density at radius 2 is 1.82 bits per heavy atom. The minimum atomic E-state index is -1.09. The maximum atomic E-state index is 13.6. The first kappa shape index (κ1) is 28.0. The van der Waals surface area contributed by atoms with Gasteiger partial charge < -0.3 is 14.7 Å². The summed E-state index contributed by atoms with van der Waals surface area (Å²) in [6, 6.07) is 6.62. The van der Waals surface area contributed by atoms with Crippen LogP contribution in [0.5, 0.6) is 5.75 Å². The van der Waals surface area contributed by atoms with Crippen LogP contribution >= 0.6 is 11.3 Å². The molecule has 1 atom stereocenters. The minimum absolute atomic E-state index is 0.151. The number of ketones is 1. The summed E-state index contributed by atoms with van der Waals surface area (Å²) in [6.07, 6.45) is 3.79. The van der Waals surface area contributed by atoms with Crippen molar-refractivity contribution in [3.8, 4) is 5.75 Å². The van der Waals surface area contributed by atoms with Crippen molar-refractivity contribution >= 4 is 29.1 Å². The van der Waals surface area contributed by atoms with Gasteiger partial charge in [0.25, 0.3) is 0 Å². The molecule has 206 valence electrons. The highest BCUT2D eigenvalue weighted by atomic mass is 32.1. The van der Waals surface area contributed by atoms with Gasteiger partial charge in [-0.15, -0.1) is 11.3 Å². The molecule has 1 aliphatic heterocycles. The fourth-order valence-electron chi connectivity index (χ4n) is 4.89. The summed E-state index contributed by atoms with van der Waals surface area (Å²) in [5, 5.41) is 9.97. The fraction of sp³-hybridized carbons (Fsp3) is 0.571. The first-order valence-corrected chi connectivity index (χ1v) is 14.2. The number of carbonyl (C=O) groups is 3. The van der Waals surface area contributed by atoms with E-state index >= 15 is 0 Å². The number of amides is 2. The summed E-state index contributed by atoms with van der Waals surface area (Å²) >= 11 is 1.43. The van der Waals surface area contributed by atoms with Crippen LogP contribution < -0.4 is 4.74 Å². The van der Waals surface area contributed by atoms with Crippen LogP contribution in [0.25, 0.3) is 0 Å². The van der Waals surface area contributed by atoms with Gasteiger partial charge in [0.05, 0.1) is 12.1 Å². The number of rotatable bonds is 11. The predicted octanol–water partition coefficient (Wildman–Crippen LogP) is 4.04. The number of benzene rings is 1. The molecule has 38 heavy (non-hydrogen) atoms. The van der Waals surface area contributed by atoms with Gasteiger partial charge in [0.2, 0.25) is 5.91 Å². The zero-order chi connectivity index (χ0) is 27.3. The Hall–Kier alpha value is -2.98. The molecule has 10 heteroatoms. The number of thiazole rings is 1. The second kappa shape index (κ2) is 12.3. The Morgan fingerprint density at radius 3 is 2.37 bits per heavy atom. The molecule has 2 amide bonds. The van der Waals surface area contributed by atoms with Gasteiger partial charge >= 0.3 is 6.09 Å². The second-order valence-electron chi connectivity index (χ2n) is 11.0. The molecule has 2 fully saturated rings. The van der Waals surface area contributed by atoms with Crippen LogP contribution in [0, 0.1) is 5.92 Å². The Labute approximate surface area is 228 Å². The third kappa shape index (κ3) is 7.32. The molecular weight excluding hydrogens is 504 g/mol. The highest BCUT2D eigenvalue weighted by molar-refractivity contribution is 7.09. The predicted molar refractivity (Wildman–Crippen MR) is 146 cm³/mol. The van der Waals surface area contributed by atoms with Gasteiger partial charge in [-0.2, -0.15) is 0 Å². The lowest BCUT2D eigenvalue weighted by atomic mass is 10.00. The number of Topliss-reactive ketones (excluding diaryl/α,β-unsaturated/α-hetero) is 1. The molecule has 2 heterocycles. The lowest BCUT2D eigenvalue weighted by molar-refractivity contribution is -0.140. The molecule has 1 aromatic carbocycles. The SMILES string of the molecule is CC(C)(C)N(C(=O)O)[C@H](Cc1cncs1)C(=O)N1CCN(CCCOc2ccc(C(=O)C3CC3)cc2)CC1. The average molecular weight is 543 g/mol. The normalized spacial score (nSPS) is 17.2. The topological polar surface area (TPSA) is 103 Å². The van der Waals surface area contributed by atoms with Crippen LogP contribution in [-0.2, 0) is 11.2 Å². The van der Waals surface area contributed by atoms with Crippen LogP contribution in [0.1, 0.15) is 55.3 Å². The third-order valence-electron chi connectivity index (χ3n) is 7.06. The van der Waals surface area contributed by atoms with Gasteiger partial charge in [-0.3, -0.25) is 24.4 Å². The van der Waals surface area contributed by atoms with E-state index in [9.17, 15) is 19.5 Å². The maximum absolute atomic E-state index is 13.6. The average Bonchev–Trinajstić information content (AvgIpc) is 3.61. The monoisotopic (exact) mass is 542 g/mol. The van der Waals surface area contributed by atoms with Crippen molar-refractivity contribution in [1.29, 1.82) is 0 Å². The molecule has 1 saturated heterocycles. The number of aromatic nitrogens is 1. The summed E-state index contributed by atoms with van der Waals surface area (Å²) in [5.41, 5.74) is 1.74. The van der Waals surface area contributed by atoms with E-state index < -0.39 is 17.7 Å². The number of nitrogens with zero attached hydrogens (tertiary/aromatic N) is 4. The van der Waals surface area contributed by atoms with Crippen LogP contribution in [0.2, 0.25) is 0 Å². The number of carbonyl (C=O) groups excluding carboxylic acids is 2. The summed E-state index contributed by atoms with van der Waals surface area (Å²) in [4.78, 5) is 48.3. The van der Waals surface area contributed by atoms with E-state index in [-0.39, 0.29) is 17.6 Å². The van der Waals surface area contributed by atoms with E-state index in [0.717, 1.165) is 55.1 Å². The molecule has 0 bridgehead atoms. The zero-order valence-corrected chi connectivity index (χ0v) is 23.3. The Morgan fingerprint density at radius 1 is 1.13 bits per heavy atom. The van der Waals surface area contributed by atoms with Gasteiger partial charge in [-0.1, -0.05) is 0 Å². The Kier molecular flexibility index (Phi) is 9.04. The molecule has 0 radical (unpaired) electrons. The van der Waals surface area contributed by atoms with Gasteiger partial charge in [0.1, 0.15) is 11.8 Å². The molecular formula is C28H38N4O5S. The standard InChI is InChI=1S/C28H38N4O5S/c1-28(2,3)32(27(35)36)24(17-23-18-29-19-38-23)26(34)31-14-12-30(13-15-31)11-4-16-37-22-9-7-21(8-10-22)25(33)20-5-6-20/h7-10,18-20,24H,4-6,11-17H2,1-3H3,(H,35,36)/t24-/m1/s1. The van der Waals surface area contributed by atoms with Crippen molar-refractivity contribution < 1.29 is 24.2 Å². The van der Waals surface area contributed by atoms with E-state index in [4.69, 9.17) is 4.74 Å². The molecule has 4 rings (SSSR count). The third-order valence-corrected chi connectivity index (χ3v) is 7.86. The quantitative estimate of drug-likeness (QED) is 0.338. The first-order chi connectivity index (χ1) is 18.1. The van der Waals surface area contributed by atoms with Gasteiger partial charge in [0, 0.05) is 67.2 Å². The van der Waals surface area contributed by atoms with Crippen LogP contribution in [0.4, 0.5) is 4.79 Å². The number of ether oxygens (including phenoxy) is 1. The number of hydrogen-bond acceptors (Lipinski definition) is 7. The van der Waals surface area contributed by atoms with E-state index in [1.807, 2.05) is 45.0 Å². The van der Waals surface area contributed by atoms with Crippen molar-refractivity contribution in [3.63, 3.8) is 0 Å². The van der Waals surface area contributed by atoms with E-state index in [1.165, 1.54) is 16.2 Å². The molecule has 9 nitrogen and oxygen atoms in total. The van der Waals surface area contributed by atoms with Crippen molar-refractivity contribution in [3.05, 3.63) is 46.4 Å². The minimum Gasteiger partial charge on any atom is -0.494 e. The molecule has 1 aliphatic carbocycles. The lowest BCUT2D eigenvalue weighted by Crippen LogP contribution is -2.60. The van der Waals surface area contributed by atoms with Gasteiger partial charge in [-0.05, 0) is 64.3 Å². The molecule has 0 spiro atoms. The highest BCUT2D eigenvalue weighted by Gasteiger charge is 2.40. The molecule has 2 aliphatic rings. The highest BCUT2D eigenvalue weighted by Crippen LogP contribution is 2.33. The van der Waals surface area contributed by atoms with E-state index in [0.29, 0.717) is 26.1 Å². The number of hydrogen-bond donors (Lipinski definition) is 1. The van der Waals surface area contributed by atoms with Crippen molar-refractivity contribution in [2.24, 2.45) is 5.92 Å². The summed E-state index contributed by atoms with van der Waals surface area (Å²) in [7, 11) is 0. The molecule has 1 aromatic heterocycles. The summed E-state index contributed by atoms with van der Waals surface area (Å²) < 4.78 is 5.86. The molecule has 1 saturated carbocycles. The maximum Gasteiger partial charge on any atom is 0.408 e. The summed E-state index contributed by atoms with van der Waals surface area (Å²) in [6.45, 7) is 9.47. The Bertz CT molecular complexity index is 1090. The molecule has 0 unspecified atom stereocenters. The van der Waals surface area contributed by atoms with Crippen LogP contribution in [0.3, 0.4) is 0 Å². The number of carboxylic acid groups (broad SMARTS) is 1. The fourth-order valence-corrected chi connectivity index (χ4v) is 5.52. The van der Waals surface area contributed by atoms with Gasteiger partial charge in [0.15, 0.2) is 5.78 Å². The number of piperazine rings is 1. The molecule has 2 aromatic rings. The van der Waals surface area contributed by atoms with Gasteiger partial charge in [-0.25, -0.2) is 4.79 Å². The van der Waals surface area contributed by atoms with E-state index in [1.54, 1.807) is 16.6 Å². The van der Waals surface area contributed by atoms with Crippen LogP contribution in [-0.4, -0.2) is 93.5 Å². The Balaban J connectivity index is 1.24. The van der Waals surface area contributed by atoms with Crippen LogP contribution in [0.15, 0.2) is 36.0 Å². The smallest absolute Gasteiger partial charge is 0.408 e. The van der Waals surface area contributed by atoms with Crippen molar-refractivity contribution in [2.45, 2.75) is 58.0 Å². The van der Waals surface area contributed by atoms with Crippen molar-refractivity contribution in [2.75, 3.05) is 39.3 Å².